The van der Waals surface area contributed by atoms with E-state index < -0.39 is 0 Å². The molecule has 3 heteroatoms. The number of halogens is 1. The van der Waals surface area contributed by atoms with Gasteiger partial charge in [-0.05, 0) is 61.9 Å². The lowest BCUT2D eigenvalue weighted by atomic mass is 9.89. The van der Waals surface area contributed by atoms with Crippen LogP contribution in [0.15, 0.2) is 24.3 Å². The Morgan fingerprint density at radius 1 is 1.20 bits per heavy atom. The van der Waals surface area contributed by atoms with Crippen LogP contribution in [-0.2, 0) is 0 Å². The van der Waals surface area contributed by atoms with Gasteiger partial charge in [0.1, 0.15) is 5.82 Å². The summed E-state index contributed by atoms with van der Waals surface area (Å²) in [6, 6.07) is 6.56. The Balaban J connectivity index is 1.88. The van der Waals surface area contributed by atoms with Gasteiger partial charge in [-0.2, -0.15) is 0 Å². The molecule has 2 N–H and O–H groups in total. The van der Waals surface area contributed by atoms with Crippen molar-refractivity contribution < 1.29 is 4.39 Å². The second kappa shape index (κ2) is 7.19. The standard InChI is InChI=1S/C17H27FN2/c1-13(2)14-4-3-10-20(11-9-14)12-17(19)15-5-7-16(18)8-6-15/h5-8,13-14,17H,3-4,9-12,19H2,1-2H3. The maximum Gasteiger partial charge on any atom is 0.123 e. The largest absolute Gasteiger partial charge is 0.323 e. The Morgan fingerprint density at radius 3 is 2.55 bits per heavy atom. The summed E-state index contributed by atoms with van der Waals surface area (Å²) in [6.45, 7) is 7.79. The van der Waals surface area contributed by atoms with Crippen molar-refractivity contribution in [3.05, 3.63) is 35.6 Å². The van der Waals surface area contributed by atoms with Gasteiger partial charge in [-0.25, -0.2) is 4.39 Å². The number of hydrogen-bond acceptors (Lipinski definition) is 2. The van der Waals surface area contributed by atoms with Crippen molar-refractivity contribution in [3.63, 3.8) is 0 Å². The summed E-state index contributed by atoms with van der Waals surface area (Å²) in [5.74, 6) is 1.43. The van der Waals surface area contributed by atoms with Crippen LogP contribution in [-0.4, -0.2) is 24.5 Å². The van der Waals surface area contributed by atoms with Gasteiger partial charge in [0.05, 0.1) is 0 Å². The fraction of sp³-hybridized carbons (Fsp3) is 0.647. The zero-order chi connectivity index (χ0) is 14.5. The Hall–Kier alpha value is -0.930. The monoisotopic (exact) mass is 278 g/mol. The Bertz CT molecular complexity index is 402. The van der Waals surface area contributed by atoms with E-state index in [1.807, 2.05) is 0 Å². The summed E-state index contributed by atoms with van der Waals surface area (Å²) in [5, 5.41) is 0. The highest BCUT2D eigenvalue weighted by molar-refractivity contribution is 5.19. The summed E-state index contributed by atoms with van der Waals surface area (Å²) in [7, 11) is 0. The normalized spacial score (nSPS) is 22.8. The Morgan fingerprint density at radius 2 is 1.90 bits per heavy atom. The van der Waals surface area contributed by atoms with Crippen molar-refractivity contribution in [3.8, 4) is 0 Å². The van der Waals surface area contributed by atoms with Crippen molar-refractivity contribution in [1.82, 2.24) is 4.90 Å². The zero-order valence-corrected chi connectivity index (χ0v) is 12.7. The molecule has 112 valence electrons. The second-order valence-corrected chi connectivity index (χ2v) is 6.39. The number of nitrogens with two attached hydrogens (primary N) is 1. The molecule has 1 aliphatic heterocycles. The van der Waals surface area contributed by atoms with Crippen LogP contribution in [0.2, 0.25) is 0 Å². The molecular weight excluding hydrogens is 251 g/mol. The van der Waals surface area contributed by atoms with Gasteiger partial charge in [-0.15, -0.1) is 0 Å². The molecule has 0 bridgehead atoms. The average Bonchev–Trinajstić information content (AvgIpc) is 2.65. The van der Waals surface area contributed by atoms with Gasteiger partial charge >= 0.3 is 0 Å². The van der Waals surface area contributed by atoms with Crippen LogP contribution in [0, 0.1) is 17.7 Å². The highest BCUT2D eigenvalue weighted by Crippen LogP contribution is 2.25. The predicted molar refractivity (Wildman–Crippen MR) is 81.9 cm³/mol. The third-order valence-electron chi connectivity index (χ3n) is 4.56. The first kappa shape index (κ1) is 15.5. The molecule has 0 radical (unpaired) electrons. The predicted octanol–water partition coefficient (Wildman–Crippen LogP) is 3.58. The smallest absolute Gasteiger partial charge is 0.123 e. The molecule has 2 atom stereocenters. The molecule has 20 heavy (non-hydrogen) atoms. The zero-order valence-electron chi connectivity index (χ0n) is 12.7. The van der Waals surface area contributed by atoms with E-state index in [0.717, 1.165) is 37.0 Å². The van der Waals surface area contributed by atoms with Gasteiger partial charge < -0.3 is 10.6 Å². The lowest BCUT2D eigenvalue weighted by Gasteiger charge is -2.24. The molecule has 1 aliphatic rings. The molecule has 2 rings (SSSR count). The third kappa shape index (κ3) is 4.29. The Kier molecular flexibility index (Phi) is 5.55. The van der Waals surface area contributed by atoms with Crippen molar-refractivity contribution in [2.24, 2.45) is 17.6 Å². The van der Waals surface area contributed by atoms with Crippen molar-refractivity contribution >= 4 is 0 Å². The molecule has 2 nitrogen and oxygen atoms in total. The summed E-state index contributed by atoms with van der Waals surface area (Å²) < 4.78 is 12.9. The first-order valence-corrected chi connectivity index (χ1v) is 7.79. The van der Waals surface area contributed by atoms with Gasteiger partial charge in [0, 0.05) is 12.6 Å². The third-order valence-corrected chi connectivity index (χ3v) is 4.56. The lowest BCUT2D eigenvalue weighted by molar-refractivity contribution is 0.257. The minimum atomic E-state index is -0.199. The van der Waals surface area contributed by atoms with Crippen LogP contribution >= 0.6 is 0 Å². The van der Waals surface area contributed by atoms with Crippen LogP contribution < -0.4 is 5.73 Å². The van der Waals surface area contributed by atoms with Gasteiger partial charge in [0.25, 0.3) is 0 Å². The molecule has 0 aromatic heterocycles. The molecule has 1 fully saturated rings. The van der Waals surface area contributed by atoms with Crippen molar-refractivity contribution in [1.29, 1.82) is 0 Å². The van der Waals surface area contributed by atoms with E-state index >= 15 is 0 Å². The molecule has 0 saturated carbocycles. The molecule has 0 aliphatic carbocycles. The lowest BCUT2D eigenvalue weighted by Crippen LogP contribution is -2.33. The van der Waals surface area contributed by atoms with Crippen LogP contribution in [0.25, 0.3) is 0 Å². The fourth-order valence-electron chi connectivity index (χ4n) is 3.12. The van der Waals surface area contributed by atoms with Gasteiger partial charge in [-0.3, -0.25) is 0 Å². The first-order valence-electron chi connectivity index (χ1n) is 7.79. The Labute approximate surface area is 122 Å². The molecule has 1 aromatic rings. The van der Waals surface area contributed by atoms with Gasteiger partial charge in [0.2, 0.25) is 0 Å². The maximum atomic E-state index is 12.9. The topological polar surface area (TPSA) is 29.3 Å². The SMILES string of the molecule is CC(C)C1CCCN(CC(N)c2ccc(F)cc2)CC1. The van der Waals surface area contributed by atoms with Crippen LogP contribution in [0.3, 0.4) is 0 Å². The van der Waals surface area contributed by atoms with Crippen LogP contribution in [0.1, 0.15) is 44.7 Å². The van der Waals surface area contributed by atoms with Crippen LogP contribution in [0.5, 0.6) is 0 Å². The minimum absolute atomic E-state index is 0.0220. The molecule has 1 saturated heterocycles. The molecule has 1 aromatic carbocycles. The maximum absolute atomic E-state index is 12.9. The number of nitrogens with zero attached hydrogens (tertiary/aromatic N) is 1. The van der Waals surface area contributed by atoms with Crippen molar-refractivity contribution in [2.75, 3.05) is 19.6 Å². The first-order chi connectivity index (χ1) is 9.56. The van der Waals surface area contributed by atoms with E-state index in [9.17, 15) is 4.39 Å². The number of benzene rings is 1. The van der Waals surface area contributed by atoms with Gasteiger partial charge in [0.15, 0.2) is 0 Å². The summed E-state index contributed by atoms with van der Waals surface area (Å²) in [5.41, 5.74) is 7.28. The summed E-state index contributed by atoms with van der Waals surface area (Å²) >= 11 is 0. The average molecular weight is 278 g/mol. The minimum Gasteiger partial charge on any atom is -0.323 e. The van der Waals surface area contributed by atoms with E-state index in [1.165, 1.54) is 31.4 Å². The highest BCUT2D eigenvalue weighted by Gasteiger charge is 2.20. The van der Waals surface area contributed by atoms with E-state index in [4.69, 9.17) is 5.73 Å². The molecule has 0 amide bonds. The number of hydrogen-bond donors (Lipinski definition) is 1. The molecule has 0 spiro atoms. The quantitative estimate of drug-likeness (QED) is 0.912. The van der Waals surface area contributed by atoms with Crippen LogP contribution in [0.4, 0.5) is 4.39 Å². The van der Waals surface area contributed by atoms with Gasteiger partial charge in [-0.1, -0.05) is 26.0 Å². The fourth-order valence-corrected chi connectivity index (χ4v) is 3.12. The van der Waals surface area contributed by atoms with E-state index in [1.54, 1.807) is 12.1 Å². The molecular formula is C17H27FN2. The second-order valence-electron chi connectivity index (χ2n) is 6.39. The number of likely N-dealkylation sites (tertiary alicyclic amines) is 1. The van der Waals surface area contributed by atoms with E-state index in [-0.39, 0.29) is 11.9 Å². The highest BCUT2D eigenvalue weighted by atomic mass is 19.1. The molecule has 1 heterocycles. The van der Waals surface area contributed by atoms with E-state index in [0.29, 0.717) is 0 Å². The van der Waals surface area contributed by atoms with E-state index in [2.05, 4.69) is 18.7 Å². The van der Waals surface area contributed by atoms with Crippen molar-refractivity contribution in [2.45, 2.75) is 39.2 Å². The number of rotatable bonds is 4. The molecule has 2 unspecified atom stereocenters. The summed E-state index contributed by atoms with van der Waals surface area (Å²) in [6.07, 6.45) is 3.87. The summed E-state index contributed by atoms with van der Waals surface area (Å²) in [4.78, 5) is 2.47.